The maximum absolute atomic E-state index is 11.5. The lowest BCUT2D eigenvalue weighted by Gasteiger charge is -2.24. The predicted octanol–water partition coefficient (Wildman–Crippen LogP) is 2.46. The molecule has 0 atom stereocenters. The van der Waals surface area contributed by atoms with E-state index in [2.05, 4.69) is 41.5 Å². The summed E-state index contributed by atoms with van der Waals surface area (Å²) in [7, 11) is 0. The molecule has 0 saturated carbocycles. The van der Waals surface area contributed by atoms with Crippen molar-refractivity contribution < 1.29 is 0 Å². The van der Waals surface area contributed by atoms with E-state index in [1.165, 1.54) is 0 Å². The van der Waals surface area contributed by atoms with E-state index in [0.717, 1.165) is 11.1 Å². The molecule has 0 fully saturated rings. The summed E-state index contributed by atoms with van der Waals surface area (Å²) in [5.41, 5.74) is 1.16. The molecule has 0 radical (unpaired) electrons. The molecule has 0 aromatic heterocycles. The van der Waals surface area contributed by atoms with Gasteiger partial charge in [0.25, 0.3) is 0 Å². The van der Waals surface area contributed by atoms with Crippen molar-refractivity contribution in [3.8, 4) is 0 Å². The average molecular weight is 222 g/mol. The van der Waals surface area contributed by atoms with Crippen molar-refractivity contribution in [2.75, 3.05) is 0 Å². The first kappa shape index (κ1) is 13.1. The van der Waals surface area contributed by atoms with E-state index in [1.54, 1.807) is 0 Å². The minimum atomic E-state index is -0.255. The van der Waals surface area contributed by atoms with Gasteiger partial charge in [-0.2, -0.15) is 0 Å². The van der Waals surface area contributed by atoms with Gasteiger partial charge in [-0.3, -0.25) is 9.59 Å². The van der Waals surface area contributed by atoms with E-state index in [4.69, 9.17) is 0 Å². The van der Waals surface area contributed by atoms with Gasteiger partial charge in [0, 0.05) is 11.1 Å². The van der Waals surface area contributed by atoms with Crippen molar-refractivity contribution in [3.63, 3.8) is 0 Å². The summed E-state index contributed by atoms with van der Waals surface area (Å²) < 4.78 is 0. The minimum absolute atomic E-state index is 0.0643. The van der Waals surface area contributed by atoms with Crippen molar-refractivity contribution in [2.45, 2.75) is 54.4 Å². The van der Waals surface area contributed by atoms with Gasteiger partial charge in [-0.15, -0.1) is 0 Å². The fourth-order valence-electron chi connectivity index (χ4n) is 1.92. The summed E-state index contributed by atoms with van der Waals surface area (Å²) in [4.78, 5) is 23.1. The maximum Gasteiger partial charge on any atom is 0.229 e. The van der Waals surface area contributed by atoms with Gasteiger partial charge < -0.3 is 0 Å². The second-order valence-electron chi connectivity index (χ2n) is 7.09. The van der Waals surface area contributed by atoms with E-state index in [-0.39, 0.29) is 21.7 Å². The second kappa shape index (κ2) is 3.83. The monoisotopic (exact) mass is 222 g/mol. The van der Waals surface area contributed by atoms with Gasteiger partial charge in [-0.05, 0) is 23.7 Å². The molecule has 0 heterocycles. The highest BCUT2D eigenvalue weighted by atomic mass is 16.2. The topological polar surface area (TPSA) is 34.1 Å². The van der Waals surface area contributed by atoms with Gasteiger partial charge in [0.05, 0.1) is 0 Å². The quantitative estimate of drug-likeness (QED) is 0.720. The summed E-state index contributed by atoms with van der Waals surface area (Å²) in [6.45, 7) is 12.5. The fourth-order valence-corrected chi connectivity index (χ4v) is 1.92. The molecule has 0 unspecified atom stereocenters. The largest absolute Gasteiger partial charge is 0.285 e. The molecular weight excluding hydrogens is 200 g/mol. The van der Waals surface area contributed by atoms with E-state index in [1.807, 2.05) is 0 Å². The Balaban J connectivity index is 3.00. The lowest BCUT2D eigenvalue weighted by atomic mass is 9.78. The fraction of sp³-hybridized carbons (Fsp3) is 0.714. The van der Waals surface area contributed by atoms with E-state index in [9.17, 15) is 9.59 Å². The highest BCUT2D eigenvalue weighted by Gasteiger charge is 2.27. The van der Waals surface area contributed by atoms with E-state index in [0.29, 0.717) is 12.8 Å². The molecule has 0 spiro atoms. The lowest BCUT2D eigenvalue weighted by molar-refractivity contribution is 0.386. The molecule has 0 N–H and O–H groups in total. The molecule has 0 aliphatic carbocycles. The smallest absolute Gasteiger partial charge is 0.229 e. The SMILES string of the molecule is CC(C)(C)Cc1c(CC(C)(C)C)c(=O)c1=O. The Hall–Kier alpha value is -0.920. The highest BCUT2D eigenvalue weighted by Crippen LogP contribution is 2.25. The van der Waals surface area contributed by atoms with Crippen LogP contribution in [0.15, 0.2) is 9.59 Å². The first-order chi connectivity index (χ1) is 7.01. The number of hydrogen-bond acceptors (Lipinski definition) is 2. The maximum atomic E-state index is 11.5. The Morgan fingerprint density at radius 2 is 0.938 bits per heavy atom. The zero-order chi connectivity index (χ0) is 12.7. The van der Waals surface area contributed by atoms with Crippen molar-refractivity contribution in [2.24, 2.45) is 10.8 Å². The van der Waals surface area contributed by atoms with Crippen LogP contribution >= 0.6 is 0 Å². The Bertz CT molecular complexity index is 402. The van der Waals surface area contributed by atoms with Crippen LogP contribution in [0.2, 0.25) is 0 Å². The summed E-state index contributed by atoms with van der Waals surface area (Å²) in [5, 5.41) is 0. The first-order valence-corrected chi connectivity index (χ1v) is 5.82. The van der Waals surface area contributed by atoms with Crippen molar-refractivity contribution in [1.29, 1.82) is 0 Å². The molecule has 1 rings (SSSR count). The van der Waals surface area contributed by atoms with Crippen LogP contribution in [0.3, 0.4) is 0 Å². The van der Waals surface area contributed by atoms with Crippen LogP contribution in [0, 0.1) is 10.8 Å². The zero-order valence-electron chi connectivity index (χ0n) is 11.2. The van der Waals surface area contributed by atoms with Crippen LogP contribution in [-0.2, 0) is 12.8 Å². The third-order valence-electron chi connectivity index (χ3n) is 2.53. The Morgan fingerprint density at radius 1 is 0.688 bits per heavy atom. The molecule has 2 nitrogen and oxygen atoms in total. The van der Waals surface area contributed by atoms with Crippen molar-refractivity contribution in [1.82, 2.24) is 0 Å². The Kier molecular flexibility index (Phi) is 3.15. The summed E-state index contributed by atoms with van der Waals surface area (Å²) >= 11 is 0. The minimum Gasteiger partial charge on any atom is -0.285 e. The predicted molar refractivity (Wildman–Crippen MR) is 67.7 cm³/mol. The third-order valence-corrected chi connectivity index (χ3v) is 2.53. The molecule has 1 aromatic carbocycles. The normalized spacial score (nSPS) is 13.4. The Morgan fingerprint density at radius 3 is 1.12 bits per heavy atom. The van der Waals surface area contributed by atoms with Gasteiger partial charge in [-0.25, -0.2) is 0 Å². The Labute approximate surface area is 97.4 Å². The lowest BCUT2D eigenvalue weighted by Crippen LogP contribution is -2.42. The summed E-state index contributed by atoms with van der Waals surface area (Å²) in [6.07, 6.45) is 1.42. The summed E-state index contributed by atoms with van der Waals surface area (Å²) in [6, 6.07) is 0. The summed E-state index contributed by atoms with van der Waals surface area (Å²) in [5.74, 6) is 0. The van der Waals surface area contributed by atoms with Crippen LogP contribution in [0.1, 0.15) is 52.7 Å². The zero-order valence-corrected chi connectivity index (χ0v) is 11.2. The third kappa shape index (κ3) is 3.03. The molecule has 16 heavy (non-hydrogen) atoms. The molecule has 0 aliphatic rings. The van der Waals surface area contributed by atoms with E-state index >= 15 is 0 Å². The number of rotatable bonds is 2. The number of hydrogen-bond donors (Lipinski definition) is 0. The first-order valence-electron chi connectivity index (χ1n) is 5.82. The van der Waals surface area contributed by atoms with Gasteiger partial charge in [0.15, 0.2) is 0 Å². The van der Waals surface area contributed by atoms with E-state index < -0.39 is 0 Å². The van der Waals surface area contributed by atoms with Crippen LogP contribution < -0.4 is 10.9 Å². The molecular formula is C14H22O2. The van der Waals surface area contributed by atoms with Crippen LogP contribution in [-0.4, -0.2) is 0 Å². The second-order valence-corrected chi connectivity index (χ2v) is 7.09. The highest BCUT2D eigenvalue weighted by molar-refractivity contribution is 5.34. The van der Waals surface area contributed by atoms with Crippen molar-refractivity contribution in [3.05, 3.63) is 31.6 Å². The molecule has 90 valence electrons. The molecule has 2 heteroatoms. The van der Waals surface area contributed by atoms with Crippen LogP contribution in [0.4, 0.5) is 0 Å². The molecule has 0 saturated heterocycles. The molecule has 0 aliphatic heterocycles. The van der Waals surface area contributed by atoms with Gasteiger partial charge in [-0.1, -0.05) is 41.5 Å². The average Bonchev–Trinajstić information content (AvgIpc) is 2.07. The van der Waals surface area contributed by atoms with Gasteiger partial charge >= 0.3 is 0 Å². The molecule has 0 bridgehead atoms. The van der Waals surface area contributed by atoms with Gasteiger partial charge in [0.2, 0.25) is 10.9 Å². The van der Waals surface area contributed by atoms with Crippen LogP contribution in [0.25, 0.3) is 0 Å². The van der Waals surface area contributed by atoms with Crippen LogP contribution in [0.5, 0.6) is 0 Å². The standard InChI is InChI=1S/C14H22O2/c1-13(2,3)7-9-10(8-14(4,5)6)12(16)11(9)15/h7-8H2,1-6H3. The molecule has 0 amide bonds. The van der Waals surface area contributed by atoms with Gasteiger partial charge in [0.1, 0.15) is 0 Å². The molecule has 1 aromatic rings. The van der Waals surface area contributed by atoms with Crippen molar-refractivity contribution >= 4 is 0 Å².